The Bertz CT molecular complexity index is 537. The third-order valence-corrected chi connectivity index (χ3v) is 4.51. The van der Waals surface area contributed by atoms with E-state index in [0.717, 1.165) is 34.6 Å². The highest BCUT2D eigenvalue weighted by atomic mass is 79.9. The first-order valence-corrected chi connectivity index (χ1v) is 8.33. The first-order valence-electron chi connectivity index (χ1n) is 6.74. The van der Waals surface area contributed by atoms with E-state index < -0.39 is 0 Å². The van der Waals surface area contributed by atoms with Crippen molar-refractivity contribution in [2.45, 2.75) is 31.7 Å². The molecule has 0 spiro atoms. The molecule has 7 heteroatoms. The van der Waals surface area contributed by atoms with Crippen molar-refractivity contribution in [3.63, 3.8) is 0 Å². The van der Waals surface area contributed by atoms with Gasteiger partial charge in [0, 0.05) is 20.6 Å². The summed E-state index contributed by atoms with van der Waals surface area (Å²) >= 11 is 6.78. The van der Waals surface area contributed by atoms with Crippen molar-refractivity contribution in [3.05, 3.63) is 32.7 Å². The number of rotatable bonds is 4. The Labute approximate surface area is 140 Å². The fourth-order valence-corrected chi connectivity index (χ4v) is 3.93. The maximum atomic E-state index is 12.8. The number of hydrogen-bond donors (Lipinski definition) is 2. The number of amides is 1. The van der Waals surface area contributed by atoms with Crippen LogP contribution < -0.4 is 5.73 Å². The third kappa shape index (κ3) is 4.20. The molecule has 0 unspecified atom stereocenters. The number of carbonyl (C=O) groups excluding carboxylic acids is 1. The summed E-state index contributed by atoms with van der Waals surface area (Å²) in [5.41, 5.74) is 6.18. The van der Waals surface area contributed by atoms with Crippen molar-refractivity contribution in [2.75, 3.05) is 6.54 Å². The molecule has 0 heterocycles. The van der Waals surface area contributed by atoms with Gasteiger partial charge >= 0.3 is 0 Å². The smallest absolute Gasteiger partial charge is 0.254 e. The third-order valence-electron chi connectivity index (χ3n) is 3.60. The van der Waals surface area contributed by atoms with Crippen molar-refractivity contribution in [1.29, 1.82) is 0 Å². The van der Waals surface area contributed by atoms with Crippen LogP contribution in [0.15, 0.2) is 32.3 Å². The molecular weight excluding hydrogens is 402 g/mol. The van der Waals surface area contributed by atoms with Crippen LogP contribution in [0.1, 0.15) is 36.0 Å². The second kappa shape index (κ2) is 7.26. The zero-order chi connectivity index (χ0) is 15.4. The van der Waals surface area contributed by atoms with Crippen LogP contribution in [0.5, 0.6) is 0 Å². The molecule has 0 atom stereocenters. The summed E-state index contributed by atoms with van der Waals surface area (Å²) in [4.78, 5) is 14.5. The van der Waals surface area contributed by atoms with Gasteiger partial charge in [-0.15, -0.1) is 0 Å². The fraction of sp³-hybridized carbons (Fsp3) is 0.429. The van der Waals surface area contributed by atoms with Crippen molar-refractivity contribution in [2.24, 2.45) is 10.9 Å². The van der Waals surface area contributed by atoms with Crippen LogP contribution in [-0.4, -0.2) is 34.4 Å². The molecule has 0 saturated heterocycles. The summed E-state index contributed by atoms with van der Waals surface area (Å²) in [6, 6.07) is 5.58. The molecule has 3 N–H and O–H groups in total. The highest BCUT2D eigenvalue weighted by Crippen LogP contribution is 2.27. The Morgan fingerprint density at radius 2 is 1.86 bits per heavy atom. The number of halogens is 2. The molecule has 2 rings (SSSR count). The van der Waals surface area contributed by atoms with Crippen molar-refractivity contribution in [3.8, 4) is 0 Å². The first kappa shape index (κ1) is 16.3. The van der Waals surface area contributed by atoms with E-state index in [9.17, 15) is 4.79 Å². The number of benzene rings is 1. The molecule has 0 bridgehead atoms. The maximum absolute atomic E-state index is 12.8. The SMILES string of the molecule is N/C(CN(C(=O)c1cc(Br)cc(Br)c1)C1CCCC1)=N/O. The fourth-order valence-electron chi connectivity index (χ4n) is 2.63. The summed E-state index contributed by atoms with van der Waals surface area (Å²) in [6.45, 7) is 0.143. The van der Waals surface area contributed by atoms with Crippen molar-refractivity contribution < 1.29 is 10.0 Å². The van der Waals surface area contributed by atoms with E-state index in [1.807, 2.05) is 6.07 Å². The average molecular weight is 419 g/mol. The molecule has 1 saturated carbocycles. The summed E-state index contributed by atoms with van der Waals surface area (Å²) in [5.74, 6) is -0.0557. The average Bonchev–Trinajstić information content (AvgIpc) is 2.96. The molecule has 1 fully saturated rings. The molecule has 1 aromatic carbocycles. The predicted octanol–water partition coefficient (Wildman–Crippen LogP) is 3.34. The highest BCUT2D eigenvalue weighted by molar-refractivity contribution is 9.11. The number of hydrogen-bond acceptors (Lipinski definition) is 3. The molecule has 21 heavy (non-hydrogen) atoms. The zero-order valence-electron chi connectivity index (χ0n) is 11.4. The van der Waals surface area contributed by atoms with E-state index in [4.69, 9.17) is 10.9 Å². The molecule has 0 aliphatic heterocycles. The van der Waals surface area contributed by atoms with Gasteiger partial charge in [0.1, 0.15) is 0 Å². The van der Waals surface area contributed by atoms with Crippen molar-refractivity contribution in [1.82, 2.24) is 4.90 Å². The standard InChI is InChI=1S/C14H17Br2N3O2/c15-10-5-9(6-11(16)7-10)14(20)19(8-13(17)18-21)12-3-1-2-4-12/h5-7,12,21H,1-4,8H2,(H2,17,18). The van der Waals surface area contributed by atoms with E-state index >= 15 is 0 Å². The minimum atomic E-state index is -0.101. The Hall–Kier alpha value is -1.08. The molecule has 1 aliphatic rings. The first-order chi connectivity index (χ1) is 10.0. The van der Waals surface area contributed by atoms with Crippen LogP contribution in [0.3, 0.4) is 0 Å². The number of nitrogens with two attached hydrogens (primary N) is 1. The monoisotopic (exact) mass is 417 g/mol. The van der Waals surface area contributed by atoms with Gasteiger partial charge in [0.15, 0.2) is 5.84 Å². The highest BCUT2D eigenvalue weighted by Gasteiger charge is 2.28. The Kier molecular flexibility index (Phi) is 5.64. The summed E-state index contributed by atoms with van der Waals surface area (Å²) in [7, 11) is 0. The van der Waals surface area contributed by atoms with Gasteiger partial charge in [-0.05, 0) is 31.0 Å². The Balaban J connectivity index is 2.28. The van der Waals surface area contributed by atoms with E-state index in [1.54, 1.807) is 17.0 Å². The summed E-state index contributed by atoms with van der Waals surface area (Å²) in [6.07, 6.45) is 4.12. The molecule has 5 nitrogen and oxygen atoms in total. The van der Waals surface area contributed by atoms with Crippen LogP contribution in [0.4, 0.5) is 0 Å². The molecule has 1 amide bonds. The lowest BCUT2D eigenvalue weighted by Gasteiger charge is -2.28. The van der Waals surface area contributed by atoms with Crippen LogP contribution in [-0.2, 0) is 0 Å². The zero-order valence-corrected chi connectivity index (χ0v) is 14.6. The van der Waals surface area contributed by atoms with Crippen molar-refractivity contribution >= 4 is 43.6 Å². The number of carbonyl (C=O) groups is 1. The van der Waals surface area contributed by atoms with Gasteiger partial charge in [-0.2, -0.15) is 0 Å². The van der Waals surface area contributed by atoms with E-state index in [-0.39, 0.29) is 24.3 Å². The van der Waals surface area contributed by atoms with E-state index in [1.165, 1.54) is 0 Å². The molecule has 0 radical (unpaired) electrons. The predicted molar refractivity (Wildman–Crippen MR) is 88.5 cm³/mol. The van der Waals surface area contributed by atoms with Crippen LogP contribution in [0, 0.1) is 0 Å². The second-order valence-corrected chi connectivity index (χ2v) is 6.95. The van der Waals surface area contributed by atoms with E-state index in [0.29, 0.717) is 5.56 Å². The van der Waals surface area contributed by atoms with Gasteiger partial charge in [-0.1, -0.05) is 49.9 Å². The van der Waals surface area contributed by atoms with Gasteiger partial charge < -0.3 is 15.8 Å². The van der Waals surface area contributed by atoms with Gasteiger partial charge in [0.2, 0.25) is 0 Å². The molecule has 1 aliphatic carbocycles. The van der Waals surface area contributed by atoms with Gasteiger partial charge in [0.05, 0.1) is 6.54 Å². The normalized spacial score (nSPS) is 16.2. The maximum Gasteiger partial charge on any atom is 0.254 e. The molecule has 1 aromatic rings. The molecule has 114 valence electrons. The topological polar surface area (TPSA) is 78.9 Å². The lowest BCUT2D eigenvalue weighted by molar-refractivity contribution is 0.0712. The minimum absolute atomic E-state index is 0.0457. The largest absolute Gasteiger partial charge is 0.409 e. The number of amidine groups is 1. The quantitative estimate of drug-likeness (QED) is 0.340. The molecular formula is C14H17Br2N3O2. The van der Waals surface area contributed by atoms with E-state index in [2.05, 4.69) is 37.0 Å². The van der Waals surface area contributed by atoms with Crippen LogP contribution in [0.25, 0.3) is 0 Å². The molecule has 0 aromatic heterocycles. The minimum Gasteiger partial charge on any atom is -0.409 e. The lowest BCUT2D eigenvalue weighted by Crippen LogP contribution is -2.44. The number of nitrogens with zero attached hydrogens (tertiary/aromatic N) is 2. The summed E-state index contributed by atoms with van der Waals surface area (Å²) < 4.78 is 1.66. The van der Waals surface area contributed by atoms with Gasteiger partial charge in [-0.25, -0.2) is 0 Å². The second-order valence-electron chi connectivity index (χ2n) is 5.12. The van der Waals surface area contributed by atoms with Gasteiger partial charge in [0.25, 0.3) is 5.91 Å². The lowest BCUT2D eigenvalue weighted by atomic mass is 10.1. The van der Waals surface area contributed by atoms with Crippen LogP contribution in [0.2, 0.25) is 0 Å². The van der Waals surface area contributed by atoms with Gasteiger partial charge in [-0.3, -0.25) is 4.79 Å². The Morgan fingerprint density at radius 1 is 1.29 bits per heavy atom. The van der Waals surface area contributed by atoms with Crippen LogP contribution >= 0.6 is 31.9 Å². The summed E-state index contributed by atoms with van der Waals surface area (Å²) in [5, 5.41) is 11.8. The Morgan fingerprint density at radius 3 is 2.38 bits per heavy atom. The number of oxime groups is 1.